The van der Waals surface area contributed by atoms with Crippen LogP contribution in [0.4, 0.5) is 13.2 Å². The maximum absolute atomic E-state index is 13.7. The highest BCUT2D eigenvalue weighted by Crippen LogP contribution is 2.35. The van der Waals surface area contributed by atoms with E-state index in [0.29, 0.717) is 6.07 Å². The first-order valence-corrected chi connectivity index (χ1v) is 4.87. The minimum Gasteiger partial charge on any atom is -0.493 e. The van der Waals surface area contributed by atoms with Gasteiger partial charge in [-0.3, -0.25) is 0 Å². The van der Waals surface area contributed by atoms with Gasteiger partial charge in [-0.25, -0.2) is 18.0 Å². The summed E-state index contributed by atoms with van der Waals surface area (Å²) in [4.78, 5) is 10.6. The normalized spacial score (nSPS) is 10.5. The predicted octanol–water partition coefficient (Wildman–Crippen LogP) is 2.47. The summed E-state index contributed by atoms with van der Waals surface area (Å²) in [5.41, 5.74) is -1.03. The van der Waals surface area contributed by atoms with E-state index in [9.17, 15) is 18.0 Å². The van der Waals surface area contributed by atoms with Crippen LogP contribution in [-0.2, 0) is 0 Å². The number of methoxy groups -OCH3 is 1. The average molecular weight is 273 g/mol. The number of hydrogen-bond donors (Lipinski definition) is 1. The molecule has 1 N–H and O–H groups in total. The second-order valence-electron chi connectivity index (χ2n) is 3.44. The van der Waals surface area contributed by atoms with Crippen molar-refractivity contribution in [1.82, 2.24) is 5.16 Å². The van der Waals surface area contributed by atoms with Gasteiger partial charge < -0.3 is 14.4 Å². The summed E-state index contributed by atoms with van der Waals surface area (Å²) >= 11 is 0. The Hall–Kier alpha value is -2.51. The number of aromatic carboxylic acids is 1. The Morgan fingerprint density at radius 1 is 1.32 bits per heavy atom. The second kappa shape index (κ2) is 4.63. The van der Waals surface area contributed by atoms with Gasteiger partial charge in [0.25, 0.3) is 0 Å². The lowest BCUT2D eigenvalue weighted by atomic mass is 10.1. The van der Waals surface area contributed by atoms with Gasteiger partial charge in [0.1, 0.15) is 5.69 Å². The highest BCUT2D eigenvalue weighted by molar-refractivity contribution is 5.86. The van der Waals surface area contributed by atoms with Crippen LogP contribution in [0.5, 0.6) is 5.75 Å². The summed E-state index contributed by atoms with van der Waals surface area (Å²) < 4.78 is 49.3. The van der Waals surface area contributed by atoms with Crippen molar-refractivity contribution >= 4 is 5.97 Å². The summed E-state index contributed by atoms with van der Waals surface area (Å²) in [6, 6.07) is 1.15. The summed E-state index contributed by atoms with van der Waals surface area (Å²) in [5, 5.41) is 11.9. The van der Waals surface area contributed by atoms with Crippen molar-refractivity contribution in [3.63, 3.8) is 0 Å². The highest BCUT2D eigenvalue weighted by atomic mass is 19.2. The molecule has 0 saturated carbocycles. The van der Waals surface area contributed by atoms with Crippen LogP contribution in [0.1, 0.15) is 10.6 Å². The van der Waals surface area contributed by atoms with Gasteiger partial charge >= 0.3 is 5.97 Å². The van der Waals surface area contributed by atoms with Crippen LogP contribution in [0.2, 0.25) is 0 Å². The van der Waals surface area contributed by atoms with Crippen molar-refractivity contribution in [2.45, 2.75) is 0 Å². The average Bonchev–Trinajstić information content (AvgIpc) is 2.82. The maximum Gasteiger partial charge on any atom is 0.374 e. The Balaban J connectivity index is 2.69. The molecule has 0 fully saturated rings. The molecule has 2 aromatic rings. The van der Waals surface area contributed by atoms with Gasteiger partial charge in [-0.05, 0) is 0 Å². The van der Waals surface area contributed by atoms with Gasteiger partial charge in [-0.2, -0.15) is 0 Å². The Bertz CT molecular complexity index is 654. The van der Waals surface area contributed by atoms with Gasteiger partial charge in [0.15, 0.2) is 23.2 Å². The van der Waals surface area contributed by atoms with Crippen LogP contribution < -0.4 is 4.74 Å². The Morgan fingerprint density at radius 2 is 2.00 bits per heavy atom. The third kappa shape index (κ3) is 2.12. The first-order chi connectivity index (χ1) is 8.95. The van der Waals surface area contributed by atoms with Gasteiger partial charge in [-0.15, -0.1) is 0 Å². The Labute approximate surface area is 104 Å². The first kappa shape index (κ1) is 12.9. The van der Waals surface area contributed by atoms with E-state index in [1.54, 1.807) is 0 Å². The molecular formula is C11H6F3NO4. The summed E-state index contributed by atoms with van der Waals surface area (Å²) in [5.74, 6) is -6.65. The lowest BCUT2D eigenvalue weighted by molar-refractivity contribution is 0.0652. The fraction of sp³-hybridized carbons (Fsp3) is 0.0909. The number of rotatable bonds is 3. The number of aromatic nitrogens is 1. The molecule has 5 nitrogen and oxygen atoms in total. The SMILES string of the molecule is COc1c(F)cc(F)c(F)c1-c1cc(C(=O)O)on1. The van der Waals surface area contributed by atoms with Crippen LogP contribution in [0.15, 0.2) is 16.7 Å². The second-order valence-corrected chi connectivity index (χ2v) is 3.44. The molecule has 2 rings (SSSR count). The van der Waals surface area contributed by atoms with E-state index >= 15 is 0 Å². The number of hydrogen-bond acceptors (Lipinski definition) is 4. The molecule has 0 atom stereocenters. The van der Waals surface area contributed by atoms with E-state index in [4.69, 9.17) is 5.11 Å². The monoisotopic (exact) mass is 273 g/mol. The molecule has 0 bridgehead atoms. The molecule has 0 radical (unpaired) electrons. The van der Waals surface area contributed by atoms with Crippen LogP contribution in [-0.4, -0.2) is 23.3 Å². The number of ether oxygens (including phenoxy) is 1. The predicted molar refractivity (Wildman–Crippen MR) is 55.3 cm³/mol. The molecule has 0 unspecified atom stereocenters. The zero-order valence-electron chi connectivity index (χ0n) is 9.41. The van der Waals surface area contributed by atoms with Crippen molar-refractivity contribution in [2.75, 3.05) is 7.11 Å². The zero-order valence-corrected chi connectivity index (χ0v) is 9.41. The highest BCUT2D eigenvalue weighted by Gasteiger charge is 2.24. The van der Waals surface area contributed by atoms with Crippen molar-refractivity contribution in [3.05, 3.63) is 35.3 Å². The minimum absolute atomic E-state index is 0.315. The maximum atomic E-state index is 13.7. The largest absolute Gasteiger partial charge is 0.493 e. The molecule has 0 spiro atoms. The topological polar surface area (TPSA) is 72.6 Å². The van der Waals surface area contributed by atoms with E-state index in [2.05, 4.69) is 14.4 Å². The zero-order chi connectivity index (χ0) is 14.2. The van der Waals surface area contributed by atoms with Crippen LogP contribution in [0, 0.1) is 17.5 Å². The molecule has 0 aliphatic heterocycles. The van der Waals surface area contributed by atoms with E-state index in [1.807, 2.05) is 0 Å². The van der Waals surface area contributed by atoms with Crippen molar-refractivity contribution in [2.24, 2.45) is 0 Å². The molecule has 0 amide bonds. The molecule has 0 aliphatic carbocycles. The van der Waals surface area contributed by atoms with Crippen LogP contribution in [0.3, 0.4) is 0 Å². The fourth-order valence-electron chi connectivity index (χ4n) is 1.50. The molecule has 19 heavy (non-hydrogen) atoms. The molecule has 8 heteroatoms. The quantitative estimate of drug-likeness (QED) is 0.869. The molecule has 0 aliphatic rings. The third-order valence-electron chi connectivity index (χ3n) is 2.31. The summed E-state index contributed by atoms with van der Waals surface area (Å²) in [7, 11) is 1.05. The number of benzene rings is 1. The van der Waals surface area contributed by atoms with Crippen molar-refractivity contribution in [1.29, 1.82) is 0 Å². The molecule has 1 aromatic carbocycles. The number of carbonyl (C=O) groups is 1. The first-order valence-electron chi connectivity index (χ1n) is 4.87. The van der Waals surface area contributed by atoms with E-state index in [1.165, 1.54) is 0 Å². The van der Waals surface area contributed by atoms with Gasteiger partial charge in [-0.1, -0.05) is 5.16 Å². The lowest BCUT2D eigenvalue weighted by Crippen LogP contribution is -1.99. The third-order valence-corrected chi connectivity index (χ3v) is 2.31. The Morgan fingerprint density at radius 3 is 2.53 bits per heavy atom. The van der Waals surface area contributed by atoms with Crippen molar-refractivity contribution in [3.8, 4) is 17.0 Å². The van der Waals surface area contributed by atoms with Gasteiger partial charge in [0.05, 0.1) is 12.7 Å². The Kier molecular flexibility index (Phi) is 3.16. The van der Waals surface area contributed by atoms with E-state index in [0.717, 1.165) is 13.2 Å². The fourth-order valence-corrected chi connectivity index (χ4v) is 1.50. The molecule has 100 valence electrons. The molecular weight excluding hydrogens is 267 g/mol. The van der Waals surface area contributed by atoms with E-state index < -0.39 is 40.5 Å². The van der Waals surface area contributed by atoms with Crippen LogP contribution in [0.25, 0.3) is 11.3 Å². The number of carboxylic acids is 1. The smallest absolute Gasteiger partial charge is 0.374 e. The van der Waals surface area contributed by atoms with Crippen LogP contribution >= 0.6 is 0 Å². The standard InChI is InChI=1S/C11H6F3NO4/c1-18-10-5(13)2-4(12)9(14)8(10)6-3-7(11(16)17)19-15-6/h2-3H,1H3,(H,16,17). The minimum atomic E-state index is -1.45. The van der Waals surface area contributed by atoms with E-state index in [-0.39, 0.29) is 5.69 Å². The lowest BCUT2D eigenvalue weighted by Gasteiger charge is -2.08. The number of halogens is 3. The number of carboxylic acid groups (broad SMARTS) is 1. The summed E-state index contributed by atoms with van der Waals surface area (Å²) in [6.45, 7) is 0. The summed E-state index contributed by atoms with van der Waals surface area (Å²) in [6.07, 6.45) is 0. The molecule has 0 saturated heterocycles. The molecule has 1 heterocycles. The van der Waals surface area contributed by atoms with Gasteiger partial charge in [0, 0.05) is 12.1 Å². The van der Waals surface area contributed by atoms with Gasteiger partial charge in [0.2, 0.25) is 5.76 Å². The molecule has 1 aromatic heterocycles. The van der Waals surface area contributed by atoms with Crippen molar-refractivity contribution < 1.29 is 32.3 Å². The number of nitrogens with zero attached hydrogens (tertiary/aromatic N) is 1.